The van der Waals surface area contributed by atoms with Crippen molar-refractivity contribution in [1.82, 2.24) is 4.67 Å². The zero-order valence-corrected chi connectivity index (χ0v) is 42.1. The maximum absolute atomic E-state index is 13.3. The van der Waals surface area contributed by atoms with Crippen molar-refractivity contribution in [2.24, 2.45) is 0 Å². The highest BCUT2D eigenvalue weighted by Gasteiger charge is 2.28. The molecule has 0 aliphatic carbocycles. The molecule has 0 saturated heterocycles. The molecule has 4 nitrogen and oxygen atoms in total. The predicted molar refractivity (Wildman–Crippen MR) is 266 cm³/mol. The zero-order valence-electron chi connectivity index (χ0n) is 41.2. The third-order valence-corrected chi connectivity index (χ3v) is 14.8. The fraction of sp³-hybridized carbons (Fsp3) is 1.00. The molecular weight excluding hydrogens is 742 g/mol. The predicted octanol–water partition coefficient (Wildman–Crippen LogP) is 20.2. The van der Waals surface area contributed by atoms with Crippen LogP contribution in [0.2, 0.25) is 0 Å². The third-order valence-electron chi connectivity index (χ3n) is 13.2. The van der Waals surface area contributed by atoms with Gasteiger partial charge in [-0.15, -0.1) is 0 Å². The summed E-state index contributed by atoms with van der Waals surface area (Å²) in [5.41, 5.74) is 0. The second-order valence-electron chi connectivity index (χ2n) is 19.2. The van der Waals surface area contributed by atoms with Gasteiger partial charge < -0.3 is 4.89 Å². The molecule has 0 amide bonds. The zero-order chi connectivity index (χ0) is 42.8. The minimum Gasteiger partial charge on any atom is -0.312 e. The van der Waals surface area contributed by atoms with Crippen LogP contribution in [-0.4, -0.2) is 29.3 Å². The highest BCUT2D eigenvalue weighted by atomic mass is 31.2. The highest BCUT2D eigenvalue weighted by molar-refractivity contribution is 7.50. The van der Waals surface area contributed by atoms with E-state index in [1.54, 1.807) is 0 Å². The van der Waals surface area contributed by atoms with Gasteiger partial charge in [-0.25, -0.2) is 9.24 Å². The minimum atomic E-state index is -3.71. The molecule has 59 heavy (non-hydrogen) atoms. The molecule has 0 aliphatic heterocycles. The lowest BCUT2D eigenvalue weighted by atomic mass is 10.0. The molecule has 1 unspecified atom stereocenters. The molecule has 0 heterocycles. The van der Waals surface area contributed by atoms with Gasteiger partial charge in [0, 0.05) is 13.1 Å². The Balaban J connectivity index is 3.85. The second-order valence-corrected chi connectivity index (χ2v) is 21.0. The fourth-order valence-corrected chi connectivity index (χ4v) is 10.3. The molecule has 0 radical (unpaired) electrons. The van der Waals surface area contributed by atoms with Crippen LogP contribution in [0.15, 0.2) is 0 Å². The van der Waals surface area contributed by atoms with E-state index in [1.165, 1.54) is 270 Å². The fourth-order valence-electron chi connectivity index (χ4n) is 8.96. The average molecular weight is 854 g/mol. The highest BCUT2D eigenvalue weighted by Crippen LogP contribution is 2.47. The number of unbranched alkanes of at least 4 members (excludes halogenated alkanes) is 45. The molecule has 0 aromatic carbocycles. The van der Waals surface area contributed by atoms with Crippen molar-refractivity contribution in [3.05, 3.63) is 0 Å². The van der Waals surface area contributed by atoms with Crippen molar-refractivity contribution in [1.29, 1.82) is 0 Å². The summed E-state index contributed by atoms with van der Waals surface area (Å²) in [6.07, 6.45) is 65.2. The summed E-state index contributed by atoms with van der Waals surface area (Å²) in [5.74, 6) is 0. The van der Waals surface area contributed by atoms with E-state index < -0.39 is 7.75 Å². The Morgan fingerprint density at radius 3 is 0.661 bits per heavy atom. The first-order valence-electron chi connectivity index (χ1n) is 27.8. The molecule has 1 N–H and O–H groups in total. The Morgan fingerprint density at radius 1 is 0.288 bits per heavy atom. The summed E-state index contributed by atoms with van der Waals surface area (Å²) in [4.78, 5) is 10.9. The minimum absolute atomic E-state index is 0.406. The second kappa shape index (κ2) is 50.8. The van der Waals surface area contributed by atoms with Crippen molar-refractivity contribution >= 4 is 7.75 Å². The number of hydrogen-bond acceptors (Lipinski definition) is 2. The van der Waals surface area contributed by atoms with Crippen molar-refractivity contribution in [2.45, 2.75) is 329 Å². The first-order chi connectivity index (χ1) is 29.1. The smallest absolute Gasteiger partial charge is 0.312 e. The number of rotatable bonds is 53. The van der Waals surface area contributed by atoms with E-state index in [1.807, 2.05) is 4.67 Å². The Bertz CT molecular complexity index is 760. The van der Waals surface area contributed by atoms with E-state index in [0.29, 0.717) is 19.7 Å². The molecule has 1 atom stereocenters. The maximum Gasteiger partial charge on any atom is 0.405 e. The standard InChI is InChI=1S/C54H112NO3P/c1-4-7-10-13-15-17-19-21-23-25-27-29-31-33-35-37-39-41-43-45-47-49-52-55(59(56,57)58-54-51-12-9-6-3)53-50-48-46-44-42-40-38-36-34-32-30-28-26-24-22-20-18-16-14-11-8-5-2/h4-54H2,1-3H3,(H,56,57). The topological polar surface area (TPSA) is 49.8 Å². The summed E-state index contributed by atoms with van der Waals surface area (Å²) in [6.45, 7) is 8.60. The van der Waals surface area contributed by atoms with Crippen LogP contribution >= 0.6 is 7.75 Å². The molecule has 0 saturated carbocycles. The summed E-state index contributed by atoms with van der Waals surface area (Å²) >= 11 is 0. The van der Waals surface area contributed by atoms with Crippen LogP contribution in [0.1, 0.15) is 329 Å². The molecule has 0 aromatic heterocycles. The van der Waals surface area contributed by atoms with Crippen LogP contribution in [0.5, 0.6) is 0 Å². The molecular formula is C54H112NO3P. The van der Waals surface area contributed by atoms with Gasteiger partial charge >= 0.3 is 7.75 Å². The molecule has 0 rings (SSSR count). The molecule has 0 aliphatic rings. The van der Waals surface area contributed by atoms with Gasteiger partial charge in [0.1, 0.15) is 0 Å². The molecule has 0 fully saturated rings. The van der Waals surface area contributed by atoms with Gasteiger partial charge in [0.05, 0.1) is 6.61 Å². The van der Waals surface area contributed by atoms with Crippen LogP contribution in [0, 0.1) is 0 Å². The van der Waals surface area contributed by atoms with Crippen LogP contribution in [0.3, 0.4) is 0 Å². The van der Waals surface area contributed by atoms with Crippen LogP contribution < -0.4 is 0 Å². The summed E-state index contributed by atoms with van der Waals surface area (Å²) in [5, 5.41) is 0. The SMILES string of the molecule is CCCCCCCCCCCCCCCCCCCCCCCCN(CCCCCCCCCCCCCCCCCCCCCCCC)P(=O)(O)OCCCCCC. The van der Waals surface area contributed by atoms with Gasteiger partial charge in [-0.2, -0.15) is 0 Å². The normalized spacial score (nSPS) is 12.9. The van der Waals surface area contributed by atoms with Gasteiger partial charge in [-0.3, -0.25) is 4.52 Å². The lowest BCUT2D eigenvalue weighted by molar-refractivity contribution is 0.194. The summed E-state index contributed by atoms with van der Waals surface area (Å²) < 4.78 is 20.8. The molecule has 0 aromatic rings. The van der Waals surface area contributed by atoms with Gasteiger partial charge in [-0.1, -0.05) is 310 Å². The molecule has 0 bridgehead atoms. The van der Waals surface area contributed by atoms with E-state index in [2.05, 4.69) is 20.8 Å². The quantitative estimate of drug-likeness (QED) is 0.0489. The van der Waals surface area contributed by atoms with Crippen molar-refractivity contribution in [3.8, 4) is 0 Å². The van der Waals surface area contributed by atoms with E-state index in [-0.39, 0.29) is 0 Å². The Hall–Kier alpha value is 0.110. The van der Waals surface area contributed by atoms with E-state index in [9.17, 15) is 9.46 Å². The molecule has 356 valence electrons. The van der Waals surface area contributed by atoms with Crippen molar-refractivity contribution in [2.75, 3.05) is 19.7 Å². The van der Waals surface area contributed by atoms with Gasteiger partial charge in [-0.05, 0) is 19.3 Å². The number of nitrogens with zero attached hydrogens (tertiary/aromatic N) is 1. The van der Waals surface area contributed by atoms with E-state index >= 15 is 0 Å². The van der Waals surface area contributed by atoms with Crippen molar-refractivity contribution < 1.29 is 14.0 Å². The number of hydrogen-bond donors (Lipinski definition) is 1. The van der Waals surface area contributed by atoms with Gasteiger partial charge in [0.2, 0.25) is 0 Å². The van der Waals surface area contributed by atoms with E-state index in [4.69, 9.17) is 4.52 Å². The summed E-state index contributed by atoms with van der Waals surface area (Å²) in [7, 11) is -3.71. The van der Waals surface area contributed by atoms with Crippen LogP contribution in [0.4, 0.5) is 0 Å². The monoisotopic (exact) mass is 854 g/mol. The van der Waals surface area contributed by atoms with Crippen LogP contribution in [0.25, 0.3) is 0 Å². The molecule has 0 spiro atoms. The van der Waals surface area contributed by atoms with Crippen molar-refractivity contribution in [3.63, 3.8) is 0 Å². The third kappa shape index (κ3) is 47.4. The van der Waals surface area contributed by atoms with Crippen LogP contribution in [-0.2, 0) is 9.09 Å². The Labute approximate surface area is 373 Å². The molecule has 5 heteroatoms. The Morgan fingerprint density at radius 2 is 0.458 bits per heavy atom. The summed E-state index contributed by atoms with van der Waals surface area (Å²) in [6, 6.07) is 0. The first-order valence-corrected chi connectivity index (χ1v) is 29.3. The van der Waals surface area contributed by atoms with Gasteiger partial charge in [0.25, 0.3) is 0 Å². The van der Waals surface area contributed by atoms with E-state index in [0.717, 1.165) is 38.5 Å². The Kier molecular flexibility index (Phi) is 50.8. The largest absolute Gasteiger partial charge is 0.405 e. The maximum atomic E-state index is 13.3. The lowest BCUT2D eigenvalue weighted by Gasteiger charge is -2.26. The van der Waals surface area contributed by atoms with Gasteiger partial charge in [0.15, 0.2) is 0 Å². The average Bonchev–Trinajstić information content (AvgIpc) is 3.23. The first kappa shape index (κ1) is 59.1. The lowest BCUT2D eigenvalue weighted by Crippen LogP contribution is -2.24.